The summed E-state index contributed by atoms with van der Waals surface area (Å²) in [4.78, 5) is 52.9. The van der Waals surface area contributed by atoms with E-state index in [1.54, 1.807) is 12.1 Å². The van der Waals surface area contributed by atoms with E-state index in [0.717, 1.165) is 29.3 Å². The molecule has 0 saturated carbocycles. The van der Waals surface area contributed by atoms with Gasteiger partial charge in [-0.25, -0.2) is 4.79 Å². The molecule has 8 nitrogen and oxygen atoms in total. The molecule has 0 aliphatic carbocycles. The molecule has 4 heterocycles. The maximum absolute atomic E-state index is 14.0. The summed E-state index contributed by atoms with van der Waals surface area (Å²) in [6, 6.07) is 9.58. The van der Waals surface area contributed by atoms with Gasteiger partial charge in [0.2, 0.25) is 0 Å². The second-order valence-corrected chi connectivity index (χ2v) is 11.5. The van der Waals surface area contributed by atoms with E-state index in [1.807, 2.05) is 35.8 Å². The Bertz CT molecular complexity index is 1680. The first-order valence-electron chi connectivity index (χ1n) is 14.9. The van der Waals surface area contributed by atoms with Crippen molar-refractivity contribution in [2.75, 3.05) is 7.11 Å². The van der Waals surface area contributed by atoms with E-state index in [-0.39, 0.29) is 34.8 Å². The Hall–Kier alpha value is -4.20. The zero-order valence-corrected chi connectivity index (χ0v) is 24.1. The normalized spacial score (nSPS) is 21.1. The number of Topliss-reactive ketones (excluding diaryl/α,β-unsaturated/α-hetero) is 1. The van der Waals surface area contributed by atoms with Gasteiger partial charge in [-0.3, -0.25) is 14.4 Å². The summed E-state index contributed by atoms with van der Waals surface area (Å²) in [5.41, 5.74) is 3.64. The van der Waals surface area contributed by atoms with Crippen LogP contribution in [0.1, 0.15) is 96.8 Å². The molecule has 0 spiro atoms. The molecule has 0 radical (unpaired) electrons. The quantitative estimate of drug-likeness (QED) is 0.281. The second-order valence-electron chi connectivity index (χ2n) is 11.5. The van der Waals surface area contributed by atoms with Crippen LogP contribution in [0.15, 0.2) is 41.2 Å². The van der Waals surface area contributed by atoms with Gasteiger partial charge in [0.1, 0.15) is 22.8 Å². The van der Waals surface area contributed by atoms with E-state index in [0.29, 0.717) is 61.8 Å². The zero-order chi connectivity index (χ0) is 29.4. The monoisotopic (exact) mass is 569 g/mol. The Balaban J connectivity index is 1.53. The number of fused-ring (bicyclic) bond motifs is 2. The number of hydrogen-bond acceptors (Lipinski definition) is 7. The molecule has 0 saturated heterocycles. The van der Waals surface area contributed by atoms with Gasteiger partial charge in [0.25, 0.3) is 5.56 Å². The van der Waals surface area contributed by atoms with Gasteiger partial charge in [0.05, 0.1) is 25.2 Å². The van der Waals surface area contributed by atoms with Crippen molar-refractivity contribution in [3.8, 4) is 11.5 Å². The van der Waals surface area contributed by atoms with Gasteiger partial charge in [-0.1, -0.05) is 30.4 Å². The van der Waals surface area contributed by atoms with E-state index in [1.165, 1.54) is 7.11 Å². The lowest BCUT2D eigenvalue weighted by molar-refractivity contribution is -0.135. The molecule has 42 heavy (non-hydrogen) atoms. The number of para-hydroxylation sites is 1. The van der Waals surface area contributed by atoms with E-state index in [9.17, 15) is 19.2 Å². The van der Waals surface area contributed by atoms with E-state index < -0.39 is 24.0 Å². The maximum atomic E-state index is 14.0. The number of esters is 2. The van der Waals surface area contributed by atoms with Gasteiger partial charge in [-0.05, 0) is 74.1 Å². The van der Waals surface area contributed by atoms with Gasteiger partial charge in [0.15, 0.2) is 0 Å². The molecule has 2 atom stereocenters. The average molecular weight is 570 g/mol. The highest BCUT2D eigenvalue weighted by Crippen LogP contribution is 2.47. The molecule has 0 unspecified atom stereocenters. The number of methoxy groups -OCH3 is 1. The number of ether oxygens (including phenoxy) is 3. The Morgan fingerprint density at radius 1 is 1.00 bits per heavy atom. The first kappa shape index (κ1) is 27.9. The van der Waals surface area contributed by atoms with Crippen LogP contribution < -0.4 is 15.0 Å². The molecule has 0 bridgehead atoms. The highest BCUT2D eigenvalue weighted by molar-refractivity contribution is 5.99. The topological polar surface area (TPSA) is 101 Å². The number of rotatable bonds is 2. The fraction of sp³-hybridized carbons (Fsp3) is 0.412. The van der Waals surface area contributed by atoms with Crippen LogP contribution >= 0.6 is 0 Å². The molecular weight excluding hydrogens is 534 g/mol. The van der Waals surface area contributed by atoms with E-state index in [2.05, 4.69) is 6.07 Å². The SMILES string of the molecule is COc1c2c(cc3c1[C@H](c1cc4cccc5c4n(c1=O)CCC5)CC(=O)O3)C=CCCCC(=O)CCC[C@@H](C)OC2=O. The lowest BCUT2D eigenvalue weighted by Crippen LogP contribution is -2.32. The Labute approximate surface area is 244 Å². The summed E-state index contributed by atoms with van der Waals surface area (Å²) in [5, 5.41) is 0.939. The summed E-state index contributed by atoms with van der Waals surface area (Å²) in [6.45, 7) is 2.42. The highest BCUT2D eigenvalue weighted by atomic mass is 16.5. The molecular formula is C34H35NO7. The summed E-state index contributed by atoms with van der Waals surface area (Å²) < 4.78 is 19.3. The van der Waals surface area contributed by atoms with E-state index >= 15 is 0 Å². The summed E-state index contributed by atoms with van der Waals surface area (Å²) in [6.07, 6.45) is 8.54. The summed E-state index contributed by atoms with van der Waals surface area (Å²) in [7, 11) is 1.48. The Kier molecular flexibility index (Phi) is 7.71. The molecule has 3 aromatic rings. The van der Waals surface area contributed by atoms with Crippen LogP contribution in [0, 0.1) is 0 Å². The first-order chi connectivity index (χ1) is 20.4. The zero-order valence-electron chi connectivity index (χ0n) is 24.1. The molecule has 3 aliphatic heterocycles. The minimum atomic E-state index is -0.666. The van der Waals surface area contributed by atoms with Crippen LogP contribution in [-0.2, 0) is 27.3 Å². The fourth-order valence-electron chi connectivity index (χ4n) is 6.61. The number of aryl methyl sites for hydroxylation is 2. The molecule has 6 rings (SSSR count). The summed E-state index contributed by atoms with van der Waals surface area (Å²) in [5.74, 6) is -0.961. The number of aromatic nitrogens is 1. The third-order valence-electron chi connectivity index (χ3n) is 8.59. The summed E-state index contributed by atoms with van der Waals surface area (Å²) >= 11 is 0. The lowest BCUT2D eigenvalue weighted by atomic mass is 9.83. The van der Waals surface area contributed by atoms with Crippen LogP contribution in [-0.4, -0.2) is 35.5 Å². The van der Waals surface area contributed by atoms with Gasteiger partial charge in [-0.15, -0.1) is 0 Å². The van der Waals surface area contributed by atoms with Gasteiger partial charge in [0, 0.05) is 36.4 Å². The molecule has 0 amide bonds. The number of ketones is 1. The van der Waals surface area contributed by atoms with Crippen molar-refractivity contribution in [3.05, 3.63) is 74.6 Å². The predicted molar refractivity (Wildman–Crippen MR) is 158 cm³/mol. The largest absolute Gasteiger partial charge is 0.495 e. The standard InChI is InChI=1S/C34H35NO7/c1-20-9-6-15-24(36)14-5-3-4-10-22-18-27-30(32(40-2)29(22)34(39)41-20)25(19-28(37)42-27)26-17-23-12-7-11-21-13-8-16-35(31(21)23)33(26)38/h4,7,10-12,17-18,20,25H,3,5-6,8-9,13-16,19H2,1-2H3/t20-,25+/m1/s1. The van der Waals surface area contributed by atoms with Gasteiger partial charge in [-0.2, -0.15) is 0 Å². The number of nitrogens with zero attached hydrogens (tertiary/aromatic N) is 1. The van der Waals surface area contributed by atoms with Crippen molar-refractivity contribution in [3.63, 3.8) is 0 Å². The van der Waals surface area contributed by atoms with E-state index in [4.69, 9.17) is 14.2 Å². The molecule has 3 aliphatic rings. The third kappa shape index (κ3) is 5.14. The Morgan fingerprint density at radius 2 is 1.83 bits per heavy atom. The molecule has 1 aromatic heterocycles. The van der Waals surface area contributed by atoms with Crippen molar-refractivity contribution in [1.82, 2.24) is 4.57 Å². The number of pyridine rings is 1. The number of allylic oxidation sites excluding steroid dienone is 1. The number of hydrogen-bond donors (Lipinski definition) is 0. The van der Waals surface area contributed by atoms with Crippen LogP contribution in [0.5, 0.6) is 11.5 Å². The van der Waals surface area contributed by atoms with Gasteiger partial charge < -0.3 is 18.8 Å². The van der Waals surface area contributed by atoms with Crippen molar-refractivity contribution in [2.24, 2.45) is 0 Å². The fourth-order valence-corrected chi connectivity index (χ4v) is 6.61. The van der Waals surface area contributed by atoms with Crippen molar-refractivity contribution >= 4 is 34.7 Å². The smallest absolute Gasteiger partial charge is 0.342 e. The minimum absolute atomic E-state index is 0.0576. The first-order valence-corrected chi connectivity index (χ1v) is 14.9. The maximum Gasteiger partial charge on any atom is 0.342 e. The predicted octanol–water partition coefficient (Wildman–Crippen LogP) is 5.88. The molecule has 2 aromatic carbocycles. The van der Waals surface area contributed by atoms with Crippen LogP contribution in [0.25, 0.3) is 17.0 Å². The average Bonchev–Trinajstić information content (AvgIpc) is 2.97. The van der Waals surface area contributed by atoms with Crippen molar-refractivity contribution in [2.45, 2.75) is 83.3 Å². The lowest BCUT2D eigenvalue weighted by Gasteiger charge is -2.29. The molecule has 218 valence electrons. The minimum Gasteiger partial charge on any atom is -0.495 e. The van der Waals surface area contributed by atoms with Crippen LogP contribution in [0.2, 0.25) is 0 Å². The number of benzene rings is 2. The highest BCUT2D eigenvalue weighted by Gasteiger charge is 2.38. The van der Waals surface area contributed by atoms with Gasteiger partial charge >= 0.3 is 11.9 Å². The molecule has 0 N–H and O–H groups in total. The molecule has 8 heteroatoms. The Morgan fingerprint density at radius 3 is 2.67 bits per heavy atom. The van der Waals surface area contributed by atoms with Crippen LogP contribution in [0.3, 0.4) is 0 Å². The molecule has 0 fully saturated rings. The number of cyclic esters (lactones) is 1. The number of carbonyl (C=O) groups excluding carboxylic acids is 3. The van der Waals surface area contributed by atoms with Crippen LogP contribution in [0.4, 0.5) is 0 Å². The number of carbonyl (C=O) groups is 3. The van der Waals surface area contributed by atoms with Crippen molar-refractivity contribution < 1.29 is 28.6 Å². The van der Waals surface area contributed by atoms with Crippen molar-refractivity contribution in [1.29, 1.82) is 0 Å². The third-order valence-corrected chi connectivity index (χ3v) is 8.59. The second kappa shape index (κ2) is 11.6.